The molecule has 0 bridgehead atoms. The third kappa shape index (κ3) is 2.82. The van der Waals surface area contributed by atoms with Gasteiger partial charge in [0.2, 0.25) is 0 Å². The van der Waals surface area contributed by atoms with Crippen molar-refractivity contribution in [3.05, 3.63) is 54.0 Å². The Morgan fingerprint density at radius 2 is 1.89 bits per heavy atom. The summed E-state index contributed by atoms with van der Waals surface area (Å²) in [7, 11) is 0. The number of fused-ring (bicyclic) bond motifs is 1. The molecule has 0 saturated carbocycles. The molecule has 27 heavy (non-hydrogen) atoms. The lowest BCUT2D eigenvalue weighted by Gasteiger charge is -2.21. The number of nitrogens with two attached hydrogens (primary N) is 1. The van der Waals surface area contributed by atoms with Crippen molar-refractivity contribution in [1.82, 2.24) is 14.5 Å². The van der Waals surface area contributed by atoms with Gasteiger partial charge in [0.05, 0.1) is 5.39 Å². The molecule has 1 aromatic carbocycles. The highest BCUT2D eigenvalue weighted by molar-refractivity contribution is 5.86. The molecule has 4 rings (SSSR count). The molecule has 5 unspecified atom stereocenters. The van der Waals surface area contributed by atoms with Gasteiger partial charge in [0, 0.05) is 6.20 Å². The molecule has 1 aliphatic rings. The standard InChI is InChI=1S/C17H16F2N4O4/c18-9-2-1-7(5-10(9)19)11(24)14-12(25)13(26)17(27-14)23-4-3-8-15(20)21-6-22-16(8)23/h1-6,11-14,17,24-26H,(H2,20,21,22). The Hall–Kier alpha value is -2.66. The lowest BCUT2D eigenvalue weighted by Crippen LogP contribution is -2.34. The van der Waals surface area contributed by atoms with Gasteiger partial charge in [0.1, 0.15) is 42.2 Å². The van der Waals surface area contributed by atoms with E-state index in [1.807, 2.05) is 0 Å². The second-order valence-corrected chi connectivity index (χ2v) is 6.31. The Morgan fingerprint density at radius 1 is 1.11 bits per heavy atom. The van der Waals surface area contributed by atoms with Crippen molar-refractivity contribution in [2.45, 2.75) is 30.6 Å². The number of aliphatic hydroxyl groups excluding tert-OH is 3. The van der Waals surface area contributed by atoms with E-state index in [2.05, 4.69) is 9.97 Å². The summed E-state index contributed by atoms with van der Waals surface area (Å²) < 4.78 is 33.7. The molecule has 0 aliphatic carbocycles. The van der Waals surface area contributed by atoms with Gasteiger partial charge in [-0.3, -0.25) is 0 Å². The average Bonchev–Trinajstić information content (AvgIpc) is 3.20. The van der Waals surface area contributed by atoms with E-state index in [0.29, 0.717) is 11.0 Å². The van der Waals surface area contributed by atoms with Gasteiger partial charge >= 0.3 is 0 Å². The fourth-order valence-electron chi connectivity index (χ4n) is 3.26. The highest BCUT2D eigenvalue weighted by Crippen LogP contribution is 2.37. The number of aliphatic hydroxyl groups is 3. The van der Waals surface area contributed by atoms with E-state index in [1.54, 1.807) is 12.3 Å². The number of ether oxygens (including phenoxy) is 1. The summed E-state index contributed by atoms with van der Waals surface area (Å²) in [5, 5.41) is 31.7. The highest BCUT2D eigenvalue weighted by atomic mass is 19.2. The molecule has 0 radical (unpaired) electrons. The van der Waals surface area contributed by atoms with E-state index < -0.39 is 42.3 Å². The summed E-state index contributed by atoms with van der Waals surface area (Å²) in [6.07, 6.45) is -3.90. The van der Waals surface area contributed by atoms with Crippen LogP contribution in [0.15, 0.2) is 36.8 Å². The van der Waals surface area contributed by atoms with Crippen LogP contribution in [0, 0.1) is 11.6 Å². The van der Waals surface area contributed by atoms with Crippen LogP contribution in [0.25, 0.3) is 11.0 Å². The third-order valence-electron chi connectivity index (χ3n) is 4.69. The minimum atomic E-state index is -1.49. The minimum Gasteiger partial charge on any atom is -0.387 e. The van der Waals surface area contributed by atoms with Gasteiger partial charge in [-0.2, -0.15) is 0 Å². The molecule has 8 nitrogen and oxygen atoms in total. The van der Waals surface area contributed by atoms with Crippen LogP contribution in [0.2, 0.25) is 0 Å². The van der Waals surface area contributed by atoms with Gasteiger partial charge in [0.15, 0.2) is 17.9 Å². The van der Waals surface area contributed by atoms with E-state index in [4.69, 9.17) is 10.5 Å². The topological polar surface area (TPSA) is 127 Å². The predicted molar refractivity (Wildman–Crippen MR) is 89.2 cm³/mol. The first kappa shape index (κ1) is 17.7. The Balaban J connectivity index is 1.66. The van der Waals surface area contributed by atoms with Gasteiger partial charge in [0.25, 0.3) is 0 Å². The number of benzene rings is 1. The Labute approximate surface area is 151 Å². The maximum Gasteiger partial charge on any atom is 0.164 e. The minimum absolute atomic E-state index is 0.00901. The summed E-state index contributed by atoms with van der Waals surface area (Å²) in [5.74, 6) is -1.96. The number of aromatic nitrogens is 3. The van der Waals surface area contributed by atoms with Crippen LogP contribution in [-0.4, -0.2) is 48.2 Å². The Kier molecular flexibility index (Phi) is 4.27. The molecule has 1 fully saturated rings. The quantitative estimate of drug-likeness (QED) is 0.527. The maximum atomic E-state index is 13.4. The first-order valence-corrected chi connectivity index (χ1v) is 8.10. The molecule has 0 amide bonds. The van der Waals surface area contributed by atoms with Crippen LogP contribution in [0.5, 0.6) is 0 Å². The van der Waals surface area contributed by atoms with Crippen LogP contribution < -0.4 is 5.73 Å². The van der Waals surface area contributed by atoms with Crippen LogP contribution in [0.4, 0.5) is 14.6 Å². The average molecular weight is 378 g/mol. The molecule has 3 heterocycles. The van der Waals surface area contributed by atoms with E-state index in [1.165, 1.54) is 17.0 Å². The third-order valence-corrected chi connectivity index (χ3v) is 4.69. The lowest BCUT2D eigenvalue weighted by atomic mass is 9.99. The van der Waals surface area contributed by atoms with Gasteiger partial charge in [-0.15, -0.1) is 0 Å². The summed E-state index contributed by atoms with van der Waals surface area (Å²) in [4.78, 5) is 7.97. The lowest BCUT2D eigenvalue weighted by molar-refractivity contribution is -0.0849. The Bertz CT molecular complexity index is 998. The molecule has 1 saturated heterocycles. The van der Waals surface area contributed by atoms with E-state index in [-0.39, 0.29) is 11.4 Å². The van der Waals surface area contributed by atoms with Gasteiger partial charge in [-0.05, 0) is 23.8 Å². The molecular formula is C17H16F2N4O4. The van der Waals surface area contributed by atoms with Gasteiger partial charge < -0.3 is 30.4 Å². The maximum absolute atomic E-state index is 13.4. The highest BCUT2D eigenvalue weighted by Gasteiger charge is 2.47. The Morgan fingerprint density at radius 3 is 2.63 bits per heavy atom. The van der Waals surface area contributed by atoms with Crippen LogP contribution in [0.3, 0.4) is 0 Å². The summed E-state index contributed by atoms with van der Waals surface area (Å²) in [6, 6.07) is 4.49. The summed E-state index contributed by atoms with van der Waals surface area (Å²) in [5.41, 5.74) is 6.17. The molecule has 2 aromatic heterocycles. The monoisotopic (exact) mass is 378 g/mol. The molecule has 5 N–H and O–H groups in total. The smallest absolute Gasteiger partial charge is 0.164 e. The van der Waals surface area contributed by atoms with Gasteiger partial charge in [-0.25, -0.2) is 18.7 Å². The number of rotatable bonds is 3. The second-order valence-electron chi connectivity index (χ2n) is 6.31. The predicted octanol–water partition coefficient (Wildman–Crippen LogP) is 0.644. The molecule has 1 aliphatic heterocycles. The van der Waals surface area contributed by atoms with Crippen LogP contribution in [0.1, 0.15) is 17.9 Å². The SMILES string of the molecule is Nc1ncnc2c1ccn2C1OC(C(O)c2ccc(F)c(F)c2)C(O)C1O. The largest absolute Gasteiger partial charge is 0.387 e. The van der Waals surface area contributed by atoms with Crippen molar-refractivity contribution < 1.29 is 28.8 Å². The zero-order valence-electron chi connectivity index (χ0n) is 13.8. The fourth-order valence-corrected chi connectivity index (χ4v) is 3.26. The number of hydrogen-bond acceptors (Lipinski definition) is 7. The van der Waals surface area contributed by atoms with Crippen molar-refractivity contribution in [1.29, 1.82) is 0 Å². The zero-order valence-corrected chi connectivity index (χ0v) is 13.8. The van der Waals surface area contributed by atoms with E-state index in [9.17, 15) is 24.1 Å². The van der Waals surface area contributed by atoms with Crippen molar-refractivity contribution in [3.8, 4) is 0 Å². The summed E-state index contributed by atoms with van der Waals surface area (Å²) >= 11 is 0. The molecule has 3 aromatic rings. The van der Waals surface area contributed by atoms with Crippen LogP contribution in [-0.2, 0) is 4.74 Å². The molecule has 5 atom stereocenters. The number of nitrogen functional groups attached to an aromatic ring is 1. The molecule has 142 valence electrons. The molecule has 0 spiro atoms. The summed E-state index contributed by atoms with van der Waals surface area (Å²) in [6.45, 7) is 0. The number of nitrogens with zero attached hydrogens (tertiary/aromatic N) is 3. The van der Waals surface area contributed by atoms with E-state index in [0.717, 1.165) is 12.1 Å². The number of hydrogen-bond donors (Lipinski definition) is 4. The van der Waals surface area contributed by atoms with Crippen molar-refractivity contribution in [2.75, 3.05) is 5.73 Å². The van der Waals surface area contributed by atoms with E-state index >= 15 is 0 Å². The molecule has 10 heteroatoms. The van der Waals surface area contributed by atoms with Crippen molar-refractivity contribution >= 4 is 16.9 Å². The number of anilines is 1. The van der Waals surface area contributed by atoms with Crippen LogP contribution >= 0.6 is 0 Å². The zero-order chi connectivity index (χ0) is 19.3. The normalized spacial score (nSPS) is 26.6. The molecular weight excluding hydrogens is 362 g/mol. The first-order valence-electron chi connectivity index (χ1n) is 8.10. The fraction of sp³-hybridized carbons (Fsp3) is 0.294. The van der Waals surface area contributed by atoms with Gasteiger partial charge in [-0.1, -0.05) is 6.07 Å². The second kappa shape index (κ2) is 6.50. The number of halogens is 2. The van der Waals surface area contributed by atoms with Crippen molar-refractivity contribution in [3.63, 3.8) is 0 Å². The first-order chi connectivity index (χ1) is 12.9. The van der Waals surface area contributed by atoms with Crippen molar-refractivity contribution in [2.24, 2.45) is 0 Å².